The monoisotopic (exact) mass is 521 g/mol. The highest BCUT2D eigenvalue weighted by Crippen LogP contribution is 2.58. The van der Waals surface area contributed by atoms with Gasteiger partial charge in [0.25, 0.3) is 0 Å². The molecule has 0 amide bonds. The number of esters is 2. The van der Waals surface area contributed by atoms with Crippen LogP contribution in [0.25, 0.3) is 10.8 Å². The van der Waals surface area contributed by atoms with Gasteiger partial charge < -0.3 is 14.4 Å². The minimum absolute atomic E-state index is 0.104. The van der Waals surface area contributed by atoms with Gasteiger partial charge in [0.1, 0.15) is 0 Å². The van der Waals surface area contributed by atoms with Gasteiger partial charge in [0.05, 0.1) is 30.9 Å². The predicted molar refractivity (Wildman–Crippen MR) is 145 cm³/mol. The number of hydrogen-bond acceptors (Lipinski definition) is 7. The second-order valence-corrected chi connectivity index (χ2v) is 10.9. The van der Waals surface area contributed by atoms with E-state index in [-0.39, 0.29) is 34.7 Å². The minimum Gasteiger partial charge on any atom is -0.466 e. The number of fused-ring (bicyclic) bond motifs is 1. The lowest BCUT2D eigenvalue weighted by Crippen LogP contribution is -2.58. The van der Waals surface area contributed by atoms with E-state index in [9.17, 15) is 19.2 Å². The number of methoxy groups -OCH3 is 2. The molecule has 0 bridgehead atoms. The van der Waals surface area contributed by atoms with E-state index in [2.05, 4.69) is 0 Å². The molecule has 0 N–H and O–H groups in total. The van der Waals surface area contributed by atoms with Crippen molar-refractivity contribution in [3.8, 4) is 0 Å². The SMILES string of the molecule is COC(=O)C1=C(C(=O)OC)C2(C(=O)c3cccc4cccc2c34)N(c2ccccc2)C2=C1C(=O)CC(C)(C)C2. The van der Waals surface area contributed by atoms with Crippen molar-refractivity contribution in [3.63, 3.8) is 0 Å². The summed E-state index contributed by atoms with van der Waals surface area (Å²) in [6.45, 7) is 3.96. The molecule has 7 nitrogen and oxygen atoms in total. The van der Waals surface area contributed by atoms with Crippen LogP contribution in [-0.2, 0) is 29.4 Å². The first-order chi connectivity index (χ1) is 18.7. The molecule has 1 aliphatic heterocycles. The number of benzene rings is 3. The van der Waals surface area contributed by atoms with Crippen molar-refractivity contribution in [3.05, 3.63) is 100 Å². The maximum absolute atomic E-state index is 14.9. The molecule has 1 unspecified atom stereocenters. The lowest BCUT2D eigenvalue weighted by atomic mass is 9.66. The van der Waals surface area contributed by atoms with E-state index in [1.165, 1.54) is 14.2 Å². The first-order valence-electron chi connectivity index (χ1n) is 12.8. The van der Waals surface area contributed by atoms with Crippen LogP contribution in [0.1, 0.15) is 42.6 Å². The highest BCUT2D eigenvalue weighted by molar-refractivity contribution is 6.29. The summed E-state index contributed by atoms with van der Waals surface area (Å²) < 4.78 is 10.4. The Balaban J connectivity index is 1.86. The smallest absolute Gasteiger partial charge is 0.339 e. The van der Waals surface area contributed by atoms with Gasteiger partial charge in [-0.15, -0.1) is 0 Å². The molecule has 7 heteroatoms. The minimum atomic E-state index is -1.80. The Morgan fingerprint density at radius 1 is 0.821 bits per heavy atom. The predicted octanol–water partition coefficient (Wildman–Crippen LogP) is 5.04. The second-order valence-electron chi connectivity index (χ2n) is 10.9. The summed E-state index contributed by atoms with van der Waals surface area (Å²) in [7, 11) is 2.40. The molecule has 0 aromatic heterocycles. The fourth-order valence-corrected chi connectivity index (χ4v) is 6.59. The summed E-state index contributed by atoms with van der Waals surface area (Å²) >= 11 is 0. The number of hydrogen-bond donors (Lipinski definition) is 0. The van der Waals surface area contributed by atoms with Crippen molar-refractivity contribution in [2.24, 2.45) is 5.41 Å². The lowest BCUT2D eigenvalue weighted by Gasteiger charge is -2.51. The van der Waals surface area contributed by atoms with Crippen molar-refractivity contribution in [2.75, 3.05) is 19.1 Å². The van der Waals surface area contributed by atoms with Gasteiger partial charge in [-0.1, -0.05) is 68.4 Å². The van der Waals surface area contributed by atoms with Gasteiger partial charge in [-0.2, -0.15) is 0 Å². The molecule has 1 heterocycles. The number of carbonyl (C=O) groups excluding carboxylic acids is 4. The van der Waals surface area contributed by atoms with Crippen LogP contribution in [0.2, 0.25) is 0 Å². The first kappa shape index (κ1) is 24.8. The number of anilines is 1. The zero-order chi connectivity index (χ0) is 27.7. The lowest BCUT2D eigenvalue weighted by molar-refractivity contribution is -0.140. The van der Waals surface area contributed by atoms with Crippen LogP contribution in [-0.4, -0.2) is 37.7 Å². The first-order valence-corrected chi connectivity index (χ1v) is 12.8. The molecule has 196 valence electrons. The van der Waals surface area contributed by atoms with E-state index in [0.717, 1.165) is 5.39 Å². The number of Topliss-reactive ketones (excluding diaryl/α,β-unsaturated/α-hetero) is 2. The maximum atomic E-state index is 14.9. The van der Waals surface area contributed by atoms with E-state index in [1.807, 2.05) is 68.4 Å². The molecule has 0 radical (unpaired) electrons. The van der Waals surface area contributed by atoms with Crippen LogP contribution in [0.15, 0.2) is 89.1 Å². The third-order valence-electron chi connectivity index (χ3n) is 7.98. The van der Waals surface area contributed by atoms with E-state index in [1.54, 1.807) is 17.0 Å². The summed E-state index contributed by atoms with van der Waals surface area (Å²) in [5, 5.41) is 1.52. The van der Waals surface area contributed by atoms with E-state index in [4.69, 9.17) is 9.47 Å². The average molecular weight is 522 g/mol. The Morgan fingerprint density at radius 2 is 1.49 bits per heavy atom. The maximum Gasteiger partial charge on any atom is 0.339 e. The molecule has 3 aromatic carbocycles. The molecular weight excluding hydrogens is 494 g/mol. The third-order valence-corrected chi connectivity index (χ3v) is 7.98. The normalized spacial score (nSPS) is 21.5. The van der Waals surface area contributed by atoms with Crippen LogP contribution in [0, 0.1) is 5.41 Å². The third kappa shape index (κ3) is 3.22. The van der Waals surface area contributed by atoms with Crippen LogP contribution in [0.3, 0.4) is 0 Å². The largest absolute Gasteiger partial charge is 0.466 e. The number of nitrogens with zero attached hydrogens (tertiary/aromatic N) is 1. The topological polar surface area (TPSA) is 90.0 Å². The van der Waals surface area contributed by atoms with Crippen molar-refractivity contribution in [2.45, 2.75) is 32.2 Å². The Morgan fingerprint density at radius 3 is 2.15 bits per heavy atom. The van der Waals surface area contributed by atoms with Crippen molar-refractivity contribution in [1.29, 1.82) is 0 Å². The van der Waals surface area contributed by atoms with Crippen LogP contribution >= 0.6 is 0 Å². The Hall–Kier alpha value is -4.52. The number of ketones is 2. The van der Waals surface area contributed by atoms with Gasteiger partial charge in [0, 0.05) is 23.4 Å². The van der Waals surface area contributed by atoms with E-state index >= 15 is 0 Å². The van der Waals surface area contributed by atoms with Gasteiger partial charge in [-0.3, -0.25) is 9.59 Å². The standard InChI is InChI=1S/C32H27NO6/c1-31(2)16-22-25(23(34)17-31)26(29(36)38-3)27(30(37)39-4)32(33(22)19-12-6-5-7-13-19)21-15-9-11-18-10-8-14-20(24(18)21)28(32)35/h5-15H,16-17H2,1-4H3. The van der Waals surface area contributed by atoms with Crippen molar-refractivity contribution >= 4 is 40.0 Å². The molecule has 0 saturated carbocycles. The molecule has 3 aliphatic rings. The second kappa shape index (κ2) is 8.50. The summed E-state index contributed by atoms with van der Waals surface area (Å²) in [5.41, 5.74) is -0.470. The highest BCUT2D eigenvalue weighted by atomic mass is 16.5. The summed E-state index contributed by atoms with van der Waals surface area (Å²) in [6, 6.07) is 20.2. The summed E-state index contributed by atoms with van der Waals surface area (Å²) in [5.74, 6) is -2.40. The van der Waals surface area contributed by atoms with Gasteiger partial charge in [-0.25, -0.2) is 9.59 Å². The van der Waals surface area contributed by atoms with Crippen LogP contribution in [0.5, 0.6) is 0 Å². The zero-order valence-corrected chi connectivity index (χ0v) is 22.2. The molecule has 6 rings (SSSR count). The van der Waals surface area contributed by atoms with Gasteiger partial charge in [0.2, 0.25) is 0 Å². The molecule has 2 aliphatic carbocycles. The highest BCUT2D eigenvalue weighted by Gasteiger charge is 2.63. The average Bonchev–Trinajstić information content (AvgIpc) is 3.17. The molecular formula is C32H27NO6. The molecule has 3 aromatic rings. The van der Waals surface area contributed by atoms with Gasteiger partial charge in [-0.05, 0) is 40.3 Å². The molecule has 0 fully saturated rings. The molecule has 1 atom stereocenters. The molecule has 0 saturated heterocycles. The quantitative estimate of drug-likeness (QED) is 0.446. The van der Waals surface area contributed by atoms with E-state index in [0.29, 0.717) is 34.3 Å². The Kier molecular flexibility index (Phi) is 5.40. The molecule has 1 spiro atoms. The number of allylic oxidation sites excluding steroid dienone is 1. The van der Waals surface area contributed by atoms with Crippen LogP contribution in [0.4, 0.5) is 5.69 Å². The fraction of sp³-hybridized carbons (Fsp3) is 0.250. The summed E-state index contributed by atoms with van der Waals surface area (Å²) in [4.78, 5) is 58.0. The number of carbonyl (C=O) groups is 4. The van der Waals surface area contributed by atoms with Gasteiger partial charge >= 0.3 is 11.9 Å². The number of rotatable bonds is 3. The van der Waals surface area contributed by atoms with Gasteiger partial charge in [0.15, 0.2) is 17.1 Å². The number of ether oxygens (including phenoxy) is 2. The van der Waals surface area contributed by atoms with Crippen molar-refractivity contribution in [1.82, 2.24) is 0 Å². The van der Waals surface area contributed by atoms with Crippen LogP contribution < -0.4 is 4.90 Å². The fourth-order valence-electron chi connectivity index (χ4n) is 6.59. The zero-order valence-electron chi connectivity index (χ0n) is 22.2. The number of para-hydroxylation sites is 1. The summed E-state index contributed by atoms with van der Waals surface area (Å²) in [6.07, 6.45) is 0.555. The Bertz CT molecular complexity index is 1670. The Labute approximate surface area is 225 Å². The van der Waals surface area contributed by atoms with Crippen molar-refractivity contribution < 1.29 is 28.7 Å². The van der Waals surface area contributed by atoms with E-state index < -0.39 is 22.9 Å². The molecule has 39 heavy (non-hydrogen) atoms.